The monoisotopic (exact) mass is 240 g/mol. The quantitative estimate of drug-likeness (QED) is 0.559. The van der Waals surface area contributed by atoms with Gasteiger partial charge in [-0.1, -0.05) is 6.58 Å². The van der Waals surface area contributed by atoms with E-state index in [0.29, 0.717) is 11.7 Å². The molecule has 0 radical (unpaired) electrons. The summed E-state index contributed by atoms with van der Waals surface area (Å²) in [5, 5.41) is 0. The summed E-state index contributed by atoms with van der Waals surface area (Å²) in [5.41, 5.74) is 0.124. The van der Waals surface area contributed by atoms with Crippen LogP contribution in [0.2, 0.25) is 0 Å². The van der Waals surface area contributed by atoms with Crippen LogP contribution in [0.4, 0.5) is 0 Å². The van der Waals surface area contributed by atoms with Gasteiger partial charge < -0.3 is 9.47 Å². The topological polar surface area (TPSA) is 35.5 Å². The van der Waals surface area contributed by atoms with Crippen LogP contribution in [0.1, 0.15) is 53.4 Å². The van der Waals surface area contributed by atoms with Crippen molar-refractivity contribution >= 4 is 5.97 Å². The highest BCUT2D eigenvalue weighted by Gasteiger charge is 2.35. The average Bonchev–Trinajstić information content (AvgIpc) is 2.21. The van der Waals surface area contributed by atoms with Crippen molar-refractivity contribution in [2.24, 2.45) is 0 Å². The zero-order chi connectivity index (χ0) is 13.1. The molecule has 0 heterocycles. The van der Waals surface area contributed by atoms with E-state index in [1.54, 1.807) is 6.92 Å². The molecule has 1 aliphatic rings. The first-order valence-corrected chi connectivity index (χ1v) is 6.37. The summed E-state index contributed by atoms with van der Waals surface area (Å²) in [6, 6.07) is 0. The number of hydrogen-bond donors (Lipinski definition) is 0. The van der Waals surface area contributed by atoms with Crippen LogP contribution in [0, 0.1) is 0 Å². The van der Waals surface area contributed by atoms with Gasteiger partial charge in [-0.3, -0.25) is 0 Å². The first-order chi connectivity index (χ1) is 7.82. The number of ether oxygens (including phenoxy) is 2. The molecule has 98 valence electrons. The minimum Gasteiger partial charge on any atom is -0.456 e. The van der Waals surface area contributed by atoms with Crippen molar-refractivity contribution in [1.29, 1.82) is 0 Å². The zero-order valence-corrected chi connectivity index (χ0v) is 11.4. The second-order valence-electron chi connectivity index (χ2n) is 5.50. The van der Waals surface area contributed by atoms with E-state index in [-0.39, 0.29) is 17.7 Å². The Hall–Kier alpha value is -0.830. The lowest BCUT2D eigenvalue weighted by Gasteiger charge is -2.37. The van der Waals surface area contributed by atoms with E-state index in [1.807, 2.05) is 6.92 Å². The predicted molar refractivity (Wildman–Crippen MR) is 67.8 cm³/mol. The molecule has 0 saturated heterocycles. The Balaban J connectivity index is 2.44. The van der Waals surface area contributed by atoms with Crippen LogP contribution in [0.25, 0.3) is 0 Å². The molecule has 1 aliphatic carbocycles. The molecule has 0 aliphatic heterocycles. The van der Waals surface area contributed by atoms with Crippen LogP contribution in [0.5, 0.6) is 0 Å². The molecule has 0 N–H and O–H groups in total. The van der Waals surface area contributed by atoms with Crippen molar-refractivity contribution in [2.45, 2.75) is 71.2 Å². The normalized spacial score (nSPS) is 29.1. The number of hydrogen-bond acceptors (Lipinski definition) is 3. The lowest BCUT2D eigenvalue weighted by molar-refractivity contribution is -0.160. The Kier molecular flexibility index (Phi) is 4.75. The molecule has 1 fully saturated rings. The number of esters is 1. The van der Waals surface area contributed by atoms with Crippen LogP contribution in [0.3, 0.4) is 0 Å². The summed E-state index contributed by atoms with van der Waals surface area (Å²) < 4.78 is 11.3. The van der Waals surface area contributed by atoms with Gasteiger partial charge in [-0.2, -0.15) is 0 Å². The van der Waals surface area contributed by atoms with Crippen molar-refractivity contribution < 1.29 is 14.3 Å². The first-order valence-electron chi connectivity index (χ1n) is 6.37. The molecule has 0 amide bonds. The summed E-state index contributed by atoms with van der Waals surface area (Å²) in [6.45, 7) is 11.4. The average molecular weight is 240 g/mol. The summed E-state index contributed by atoms with van der Waals surface area (Å²) >= 11 is 0. The minimum atomic E-state index is -0.340. The van der Waals surface area contributed by atoms with E-state index < -0.39 is 0 Å². The van der Waals surface area contributed by atoms with Gasteiger partial charge in [0.15, 0.2) is 0 Å². The second-order valence-corrected chi connectivity index (χ2v) is 5.50. The van der Waals surface area contributed by atoms with Crippen LogP contribution in [-0.4, -0.2) is 23.8 Å². The van der Waals surface area contributed by atoms with Crippen LogP contribution >= 0.6 is 0 Å². The van der Waals surface area contributed by atoms with E-state index in [2.05, 4.69) is 20.4 Å². The molecule has 0 spiro atoms. The third-order valence-electron chi connectivity index (χ3n) is 3.14. The van der Waals surface area contributed by atoms with Gasteiger partial charge >= 0.3 is 5.97 Å². The summed E-state index contributed by atoms with van der Waals surface area (Å²) in [4.78, 5) is 11.5. The lowest BCUT2D eigenvalue weighted by atomic mass is 9.84. The Morgan fingerprint density at radius 1 is 1.35 bits per heavy atom. The second kappa shape index (κ2) is 5.67. The SMILES string of the molecule is C=C(C)C(=O)OC1(C)CCC(OC(C)C)CC1. The molecule has 0 aromatic rings. The van der Waals surface area contributed by atoms with Crippen molar-refractivity contribution in [3.8, 4) is 0 Å². The van der Waals surface area contributed by atoms with Gasteiger partial charge in [-0.25, -0.2) is 4.79 Å². The molecule has 0 aromatic heterocycles. The standard InChI is InChI=1S/C14H24O3/c1-10(2)13(15)17-14(5)8-6-12(7-9-14)16-11(3)4/h11-12H,1,6-9H2,2-5H3. The number of carbonyl (C=O) groups excluding carboxylic acids is 1. The van der Waals surface area contributed by atoms with Crippen molar-refractivity contribution in [3.63, 3.8) is 0 Å². The summed E-state index contributed by atoms with van der Waals surface area (Å²) in [6.07, 6.45) is 4.22. The molecule has 0 bridgehead atoms. The van der Waals surface area contributed by atoms with E-state index in [1.165, 1.54) is 0 Å². The van der Waals surface area contributed by atoms with Crippen LogP contribution in [0.15, 0.2) is 12.2 Å². The molecule has 17 heavy (non-hydrogen) atoms. The molecular weight excluding hydrogens is 216 g/mol. The molecule has 0 unspecified atom stereocenters. The maximum atomic E-state index is 11.5. The third-order valence-corrected chi connectivity index (χ3v) is 3.14. The Morgan fingerprint density at radius 2 is 1.88 bits per heavy atom. The van der Waals surface area contributed by atoms with Gasteiger partial charge in [0.25, 0.3) is 0 Å². The summed E-state index contributed by atoms with van der Waals surface area (Å²) in [7, 11) is 0. The van der Waals surface area contributed by atoms with Gasteiger partial charge in [-0.05, 0) is 53.4 Å². The molecule has 0 aromatic carbocycles. The minimum absolute atomic E-state index is 0.266. The van der Waals surface area contributed by atoms with Crippen molar-refractivity contribution in [3.05, 3.63) is 12.2 Å². The predicted octanol–water partition coefficient (Wildman–Crippen LogP) is 3.23. The first kappa shape index (κ1) is 14.2. The molecule has 1 rings (SSSR count). The highest BCUT2D eigenvalue weighted by molar-refractivity contribution is 5.87. The number of carbonyl (C=O) groups is 1. The third kappa shape index (κ3) is 4.50. The van der Waals surface area contributed by atoms with Crippen molar-refractivity contribution in [2.75, 3.05) is 0 Å². The van der Waals surface area contributed by atoms with Crippen molar-refractivity contribution in [1.82, 2.24) is 0 Å². The fraction of sp³-hybridized carbons (Fsp3) is 0.786. The van der Waals surface area contributed by atoms with E-state index in [0.717, 1.165) is 25.7 Å². The highest BCUT2D eigenvalue weighted by Crippen LogP contribution is 2.33. The fourth-order valence-electron chi connectivity index (χ4n) is 2.14. The Labute approximate surface area is 104 Å². The van der Waals surface area contributed by atoms with Gasteiger partial charge in [0.1, 0.15) is 5.60 Å². The van der Waals surface area contributed by atoms with Gasteiger partial charge in [0.2, 0.25) is 0 Å². The smallest absolute Gasteiger partial charge is 0.333 e. The molecule has 3 heteroatoms. The largest absolute Gasteiger partial charge is 0.456 e. The van der Waals surface area contributed by atoms with E-state index in [9.17, 15) is 4.79 Å². The maximum absolute atomic E-state index is 11.5. The fourth-order valence-corrected chi connectivity index (χ4v) is 2.14. The molecule has 0 atom stereocenters. The number of rotatable bonds is 4. The van der Waals surface area contributed by atoms with Crippen LogP contribution in [-0.2, 0) is 14.3 Å². The van der Waals surface area contributed by atoms with Crippen LogP contribution < -0.4 is 0 Å². The van der Waals surface area contributed by atoms with Gasteiger partial charge in [-0.15, -0.1) is 0 Å². The molecule has 1 saturated carbocycles. The lowest BCUT2D eigenvalue weighted by Crippen LogP contribution is -2.39. The highest BCUT2D eigenvalue weighted by atomic mass is 16.6. The van der Waals surface area contributed by atoms with E-state index in [4.69, 9.17) is 9.47 Å². The molecule has 3 nitrogen and oxygen atoms in total. The van der Waals surface area contributed by atoms with Gasteiger partial charge in [0.05, 0.1) is 12.2 Å². The maximum Gasteiger partial charge on any atom is 0.333 e. The Morgan fingerprint density at radius 3 is 2.29 bits per heavy atom. The summed E-state index contributed by atoms with van der Waals surface area (Å²) in [5.74, 6) is -0.282. The molecular formula is C14H24O3. The Bertz CT molecular complexity index is 286. The van der Waals surface area contributed by atoms with Gasteiger partial charge in [0, 0.05) is 5.57 Å². The van der Waals surface area contributed by atoms with E-state index >= 15 is 0 Å². The zero-order valence-electron chi connectivity index (χ0n) is 11.4.